The number of carbonyl (C=O) groups excluding carboxylic acids is 1. The Kier molecular flexibility index (Phi) is 3.02. The molecular weight excluding hydrogens is 188 g/mol. The van der Waals surface area contributed by atoms with E-state index >= 15 is 0 Å². The van der Waals surface area contributed by atoms with Crippen LogP contribution in [0, 0.1) is 0 Å². The van der Waals surface area contributed by atoms with Crippen LogP contribution in [0.15, 0.2) is 18.2 Å². The number of hydrogen-bond acceptors (Lipinski definition) is 2. The SMILES string of the molecule is NCCCCc1ccc2c(c1)CC(=O)N2. The first-order valence-corrected chi connectivity index (χ1v) is 5.41. The smallest absolute Gasteiger partial charge is 0.228 e. The van der Waals surface area contributed by atoms with Crippen LogP contribution >= 0.6 is 0 Å². The van der Waals surface area contributed by atoms with Crippen LogP contribution in [0.1, 0.15) is 24.0 Å². The molecule has 0 aliphatic carbocycles. The number of rotatable bonds is 4. The zero-order valence-corrected chi connectivity index (χ0v) is 8.75. The van der Waals surface area contributed by atoms with Gasteiger partial charge >= 0.3 is 0 Å². The summed E-state index contributed by atoms with van der Waals surface area (Å²) in [4.78, 5) is 11.1. The number of fused-ring (bicyclic) bond motifs is 1. The van der Waals surface area contributed by atoms with Crippen molar-refractivity contribution in [2.75, 3.05) is 11.9 Å². The fourth-order valence-corrected chi connectivity index (χ4v) is 1.91. The average Bonchev–Trinajstić information content (AvgIpc) is 2.57. The predicted octanol–water partition coefficient (Wildman–Crippen LogP) is 1.46. The van der Waals surface area contributed by atoms with Crippen molar-refractivity contribution in [3.8, 4) is 0 Å². The molecule has 0 bridgehead atoms. The molecule has 1 aromatic rings. The third-order valence-corrected chi connectivity index (χ3v) is 2.71. The van der Waals surface area contributed by atoms with Gasteiger partial charge in [0.25, 0.3) is 0 Å². The second kappa shape index (κ2) is 4.45. The summed E-state index contributed by atoms with van der Waals surface area (Å²) in [6.45, 7) is 0.755. The number of unbranched alkanes of at least 4 members (excludes halogenated alkanes) is 1. The van der Waals surface area contributed by atoms with Crippen LogP contribution in [0.3, 0.4) is 0 Å². The van der Waals surface area contributed by atoms with E-state index in [4.69, 9.17) is 5.73 Å². The molecule has 2 rings (SSSR count). The highest BCUT2D eigenvalue weighted by molar-refractivity contribution is 5.99. The summed E-state index contributed by atoms with van der Waals surface area (Å²) in [7, 11) is 0. The third kappa shape index (κ3) is 2.36. The van der Waals surface area contributed by atoms with Crippen LogP contribution in [0.5, 0.6) is 0 Å². The second-order valence-corrected chi connectivity index (χ2v) is 3.96. The van der Waals surface area contributed by atoms with Gasteiger partial charge in [-0.2, -0.15) is 0 Å². The van der Waals surface area contributed by atoms with Gasteiger partial charge in [-0.1, -0.05) is 12.1 Å². The lowest BCUT2D eigenvalue weighted by atomic mass is 10.0. The van der Waals surface area contributed by atoms with Crippen LogP contribution in [-0.2, 0) is 17.6 Å². The van der Waals surface area contributed by atoms with Crippen molar-refractivity contribution >= 4 is 11.6 Å². The van der Waals surface area contributed by atoms with Crippen LogP contribution in [0.2, 0.25) is 0 Å². The van der Waals surface area contributed by atoms with Crippen LogP contribution in [0.4, 0.5) is 5.69 Å². The molecule has 3 N–H and O–H groups in total. The quantitative estimate of drug-likeness (QED) is 0.729. The molecule has 15 heavy (non-hydrogen) atoms. The van der Waals surface area contributed by atoms with Gasteiger partial charge in [0.1, 0.15) is 0 Å². The highest BCUT2D eigenvalue weighted by atomic mass is 16.1. The lowest BCUT2D eigenvalue weighted by Gasteiger charge is -2.03. The van der Waals surface area contributed by atoms with Gasteiger partial charge in [-0.3, -0.25) is 4.79 Å². The average molecular weight is 204 g/mol. The van der Waals surface area contributed by atoms with Crippen molar-refractivity contribution in [1.29, 1.82) is 0 Å². The number of benzene rings is 1. The lowest BCUT2D eigenvalue weighted by molar-refractivity contribution is -0.115. The Morgan fingerprint density at radius 3 is 3.00 bits per heavy atom. The zero-order chi connectivity index (χ0) is 10.7. The summed E-state index contributed by atoms with van der Waals surface area (Å²) >= 11 is 0. The van der Waals surface area contributed by atoms with E-state index in [1.54, 1.807) is 0 Å². The molecule has 3 heteroatoms. The van der Waals surface area contributed by atoms with Crippen molar-refractivity contribution in [3.63, 3.8) is 0 Å². The largest absolute Gasteiger partial charge is 0.330 e. The molecular formula is C12H16N2O. The van der Waals surface area contributed by atoms with Gasteiger partial charge in [0.15, 0.2) is 0 Å². The van der Waals surface area contributed by atoms with Crippen LogP contribution in [-0.4, -0.2) is 12.5 Å². The maximum absolute atomic E-state index is 11.1. The number of aryl methyl sites for hydroxylation is 1. The summed E-state index contributed by atoms with van der Waals surface area (Å²) in [6, 6.07) is 6.21. The third-order valence-electron chi connectivity index (χ3n) is 2.71. The number of amides is 1. The molecule has 1 aromatic carbocycles. The number of hydrogen-bond donors (Lipinski definition) is 2. The molecule has 1 aliphatic rings. The van der Waals surface area contributed by atoms with Crippen molar-refractivity contribution in [2.45, 2.75) is 25.7 Å². The summed E-state index contributed by atoms with van der Waals surface area (Å²) in [5.41, 5.74) is 8.86. The molecule has 0 spiro atoms. The monoisotopic (exact) mass is 204 g/mol. The van der Waals surface area contributed by atoms with Crippen molar-refractivity contribution < 1.29 is 4.79 Å². The van der Waals surface area contributed by atoms with Gasteiger partial charge in [-0.25, -0.2) is 0 Å². The molecule has 80 valence electrons. The minimum atomic E-state index is 0.101. The Morgan fingerprint density at radius 1 is 1.33 bits per heavy atom. The molecule has 0 aromatic heterocycles. The predicted molar refractivity (Wildman–Crippen MR) is 60.8 cm³/mol. The molecule has 1 amide bonds. The molecule has 1 aliphatic heterocycles. The van der Waals surface area contributed by atoms with E-state index in [1.807, 2.05) is 6.07 Å². The van der Waals surface area contributed by atoms with E-state index in [1.165, 1.54) is 5.56 Å². The Hall–Kier alpha value is -1.35. The number of nitrogens with one attached hydrogen (secondary N) is 1. The van der Waals surface area contributed by atoms with Crippen molar-refractivity contribution in [1.82, 2.24) is 0 Å². The Morgan fingerprint density at radius 2 is 2.20 bits per heavy atom. The topological polar surface area (TPSA) is 55.1 Å². The number of nitrogens with two attached hydrogens (primary N) is 1. The highest BCUT2D eigenvalue weighted by Crippen LogP contribution is 2.24. The first-order valence-electron chi connectivity index (χ1n) is 5.41. The Bertz CT molecular complexity index is 374. The van der Waals surface area contributed by atoms with Gasteiger partial charge in [-0.15, -0.1) is 0 Å². The number of carbonyl (C=O) groups is 1. The van der Waals surface area contributed by atoms with Crippen molar-refractivity contribution in [3.05, 3.63) is 29.3 Å². The maximum atomic E-state index is 11.1. The molecule has 1 heterocycles. The molecule has 0 unspecified atom stereocenters. The fourth-order valence-electron chi connectivity index (χ4n) is 1.91. The van der Waals surface area contributed by atoms with Gasteiger partial charge in [0, 0.05) is 5.69 Å². The van der Waals surface area contributed by atoms with E-state index < -0.39 is 0 Å². The summed E-state index contributed by atoms with van der Waals surface area (Å²) in [5, 5.41) is 2.83. The molecule has 0 fully saturated rings. The Balaban J connectivity index is 2.03. The van der Waals surface area contributed by atoms with Crippen LogP contribution in [0.25, 0.3) is 0 Å². The van der Waals surface area contributed by atoms with Gasteiger partial charge in [0.05, 0.1) is 6.42 Å². The van der Waals surface area contributed by atoms with E-state index in [0.717, 1.165) is 37.1 Å². The van der Waals surface area contributed by atoms with Crippen LogP contribution < -0.4 is 11.1 Å². The first kappa shape index (κ1) is 10.2. The molecule has 0 saturated carbocycles. The fraction of sp³-hybridized carbons (Fsp3) is 0.417. The standard InChI is InChI=1S/C12H16N2O/c13-6-2-1-3-9-4-5-11-10(7-9)8-12(15)14-11/h4-5,7H,1-3,6,8,13H2,(H,14,15). The minimum Gasteiger partial charge on any atom is -0.330 e. The molecule has 0 atom stereocenters. The Labute approximate surface area is 89.7 Å². The lowest BCUT2D eigenvalue weighted by Crippen LogP contribution is -2.03. The molecule has 0 saturated heterocycles. The minimum absolute atomic E-state index is 0.101. The van der Waals surface area contributed by atoms with Gasteiger partial charge in [-0.05, 0) is 43.0 Å². The van der Waals surface area contributed by atoms with E-state index in [-0.39, 0.29) is 5.91 Å². The maximum Gasteiger partial charge on any atom is 0.228 e. The summed E-state index contributed by atoms with van der Waals surface area (Å²) in [5.74, 6) is 0.101. The van der Waals surface area contributed by atoms with Gasteiger partial charge < -0.3 is 11.1 Å². The van der Waals surface area contributed by atoms with E-state index in [9.17, 15) is 4.79 Å². The summed E-state index contributed by atoms with van der Waals surface area (Å²) in [6.07, 6.45) is 3.77. The van der Waals surface area contributed by atoms with Gasteiger partial charge in [0.2, 0.25) is 5.91 Å². The molecule has 3 nitrogen and oxygen atoms in total. The second-order valence-electron chi connectivity index (χ2n) is 3.96. The summed E-state index contributed by atoms with van der Waals surface area (Å²) < 4.78 is 0. The van der Waals surface area contributed by atoms with E-state index in [2.05, 4.69) is 17.4 Å². The van der Waals surface area contributed by atoms with E-state index in [0.29, 0.717) is 6.42 Å². The first-order chi connectivity index (χ1) is 7.29. The van der Waals surface area contributed by atoms with Crippen molar-refractivity contribution in [2.24, 2.45) is 5.73 Å². The zero-order valence-electron chi connectivity index (χ0n) is 8.75. The molecule has 0 radical (unpaired) electrons. The number of anilines is 1. The highest BCUT2D eigenvalue weighted by Gasteiger charge is 2.16. The normalized spacial score (nSPS) is 13.8.